The maximum absolute atomic E-state index is 13.9. The Morgan fingerprint density at radius 1 is 0.818 bits per heavy atom. The van der Waals surface area contributed by atoms with Gasteiger partial charge in [-0.1, -0.05) is 78.9 Å². The summed E-state index contributed by atoms with van der Waals surface area (Å²) in [6.07, 6.45) is 0. The first-order valence-electron chi connectivity index (χ1n) is 10.4. The monoisotopic (exact) mass is 456 g/mol. The summed E-state index contributed by atoms with van der Waals surface area (Å²) in [5, 5.41) is 15.1. The Balaban J connectivity index is 1.73. The molecule has 0 radical (unpaired) electrons. The van der Waals surface area contributed by atoms with Gasteiger partial charge in [-0.2, -0.15) is 0 Å². The molecule has 0 atom stereocenters. The van der Waals surface area contributed by atoms with E-state index in [1.165, 1.54) is 0 Å². The Labute approximate surface area is 191 Å². The van der Waals surface area contributed by atoms with Gasteiger partial charge in [-0.05, 0) is 29.1 Å². The van der Waals surface area contributed by atoms with E-state index >= 15 is 0 Å². The van der Waals surface area contributed by atoms with Crippen molar-refractivity contribution in [1.29, 1.82) is 0 Å². The Morgan fingerprint density at radius 3 is 2.18 bits per heavy atom. The molecule has 4 aromatic rings. The second-order valence-corrected chi connectivity index (χ2v) is 9.48. The Hall–Kier alpha value is -4.10. The van der Waals surface area contributed by atoms with Crippen molar-refractivity contribution in [3.63, 3.8) is 0 Å². The lowest BCUT2D eigenvalue weighted by Crippen LogP contribution is -2.39. The fourth-order valence-electron chi connectivity index (χ4n) is 4.03. The third-order valence-corrected chi connectivity index (χ3v) is 7.42. The normalized spacial score (nSPS) is 14.7. The quantitative estimate of drug-likeness (QED) is 0.457. The van der Waals surface area contributed by atoms with Gasteiger partial charge in [0.25, 0.3) is 15.9 Å². The van der Waals surface area contributed by atoms with Crippen LogP contribution in [0.25, 0.3) is 16.5 Å². The number of carbonyl (C=O) groups excluding carboxylic acids is 1. The summed E-state index contributed by atoms with van der Waals surface area (Å²) in [6, 6.07) is 28.0. The van der Waals surface area contributed by atoms with Gasteiger partial charge in [0.15, 0.2) is 11.5 Å². The Kier molecular flexibility index (Phi) is 5.11. The van der Waals surface area contributed by atoms with Crippen LogP contribution in [0.3, 0.4) is 0 Å². The molecule has 1 heterocycles. The highest BCUT2D eigenvalue weighted by Crippen LogP contribution is 2.40. The number of nitrogens with zero attached hydrogens (tertiary/aromatic N) is 1. The van der Waals surface area contributed by atoms with Gasteiger partial charge in [0, 0.05) is 16.6 Å². The number of amides is 1. The molecule has 0 saturated heterocycles. The Morgan fingerprint density at radius 2 is 1.45 bits per heavy atom. The number of para-hydroxylation sites is 1. The fourth-order valence-corrected chi connectivity index (χ4v) is 5.88. The maximum Gasteiger partial charge on any atom is 0.276 e. The molecule has 33 heavy (non-hydrogen) atoms. The molecule has 4 aromatic carbocycles. The van der Waals surface area contributed by atoms with Gasteiger partial charge < -0.3 is 10.4 Å². The summed E-state index contributed by atoms with van der Waals surface area (Å²) in [5.74, 6) is -1.09. The molecule has 1 aliphatic heterocycles. The minimum absolute atomic E-state index is 0.00899. The molecular weight excluding hydrogens is 436 g/mol. The van der Waals surface area contributed by atoms with Crippen LogP contribution in [0.5, 0.6) is 0 Å². The molecule has 1 aliphatic rings. The fraction of sp³-hybridized carbons (Fsp3) is 0.0385. The van der Waals surface area contributed by atoms with Crippen LogP contribution in [0.2, 0.25) is 0 Å². The van der Waals surface area contributed by atoms with E-state index in [0.29, 0.717) is 16.6 Å². The number of benzene rings is 4. The molecule has 5 rings (SSSR count). The molecule has 0 unspecified atom stereocenters. The average molecular weight is 457 g/mol. The summed E-state index contributed by atoms with van der Waals surface area (Å²) in [5.41, 5.74) is 0.966. The number of hydrogen-bond donors (Lipinski definition) is 2. The van der Waals surface area contributed by atoms with Crippen molar-refractivity contribution in [2.75, 3.05) is 5.32 Å². The number of fused-ring (bicyclic) bond motifs is 3. The molecule has 6 nitrogen and oxygen atoms in total. The SMILES string of the molecule is O=C(Nc1ccccc1)C1=C(O)c2ccc3ccccc3c2S(=O)(=O)N1Cc1ccccc1. The van der Waals surface area contributed by atoms with E-state index in [-0.39, 0.29) is 28.5 Å². The van der Waals surface area contributed by atoms with Gasteiger partial charge in [-0.15, -0.1) is 0 Å². The first-order chi connectivity index (χ1) is 16.0. The number of rotatable bonds is 4. The number of aliphatic hydroxyl groups excluding tert-OH is 1. The summed E-state index contributed by atoms with van der Waals surface area (Å²) in [6.45, 7) is -0.104. The molecule has 0 spiro atoms. The molecule has 0 aromatic heterocycles. The maximum atomic E-state index is 13.9. The minimum atomic E-state index is -4.17. The van der Waals surface area contributed by atoms with E-state index in [9.17, 15) is 18.3 Å². The van der Waals surface area contributed by atoms with Crippen LogP contribution in [0.1, 0.15) is 11.1 Å². The third-order valence-electron chi connectivity index (χ3n) is 5.57. The molecule has 0 aliphatic carbocycles. The summed E-state index contributed by atoms with van der Waals surface area (Å²) < 4.78 is 28.9. The van der Waals surface area contributed by atoms with Gasteiger partial charge in [0.2, 0.25) is 0 Å². The summed E-state index contributed by atoms with van der Waals surface area (Å²) in [7, 11) is -4.17. The summed E-state index contributed by atoms with van der Waals surface area (Å²) >= 11 is 0. The first-order valence-corrected chi connectivity index (χ1v) is 11.8. The molecule has 164 valence electrons. The summed E-state index contributed by atoms with van der Waals surface area (Å²) in [4.78, 5) is 13.3. The van der Waals surface area contributed by atoms with Crippen LogP contribution < -0.4 is 5.32 Å². The molecule has 1 amide bonds. The standard InChI is InChI=1S/C26H20N2O4S/c29-24-22-16-15-19-11-7-8-14-21(19)25(22)33(31,32)28(17-18-9-3-1-4-10-18)23(24)26(30)27-20-12-5-2-6-13-20/h1-16,29H,17H2,(H,27,30). The van der Waals surface area contributed by atoms with E-state index < -0.39 is 15.9 Å². The topological polar surface area (TPSA) is 86.7 Å². The van der Waals surface area contributed by atoms with Crippen molar-refractivity contribution in [2.45, 2.75) is 11.4 Å². The predicted octanol–water partition coefficient (Wildman–Crippen LogP) is 4.91. The lowest BCUT2D eigenvalue weighted by atomic mass is 10.0. The predicted molar refractivity (Wildman–Crippen MR) is 128 cm³/mol. The van der Waals surface area contributed by atoms with Gasteiger partial charge >= 0.3 is 0 Å². The zero-order valence-corrected chi connectivity index (χ0v) is 18.3. The van der Waals surface area contributed by atoms with Crippen molar-refractivity contribution >= 4 is 38.1 Å². The number of anilines is 1. The van der Waals surface area contributed by atoms with Crippen molar-refractivity contribution in [3.8, 4) is 0 Å². The number of carbonyl (C=O) groups is 1. The minimum Gasteiger partial charge on any atom is -0.505 e. The average Bonchev–Trinajstić information content (AvgIpc) is 2.83. The third kappa shape index (κ3) is 3.62. The van der Waals surface area contributed by atoms with Crippen molar-refractivity contribution in [2.24, 2.45) is 0 Å². The molecular formula is C26H20N2O4S. The number of hydrogen-bond acceptors (Lipinski definition) is 4. The van der Waals surface area contributed by atoms with Crippen molar-refractivity contribution < 1.29 is 18.3 Å². The van der Waals surface area contributed by atoms with E-state index in [4.69, 9.17) is 0 Å². The van der Waals surface area contributed by atoms with Gasteiger partial charge in [-0.3, -0.25) is 9.10 Å². The van der Waals surface area contributed by atoms with E-state index in [1.807, 2.05) is 18.2 Å². The van der Waals surface area contributed by atoms with E-state index in [2.05, 4.69) is 5.32 Å². The Bertz CT molecular complexity index is 1500. The van der Waals surface area contributed by atoms with E-state index in [0.717, 1.165) is 9.69 Å². The van der Waals surface area contributed by atoms with Crippen LogP contribution >= 0.6 is 0 Å². The molecule has 0 saturated carbocycles. The van der Waals surface area contributed by atoms with Crippen LogP contribution in [0.4, 0.5) is 5.69 Å². The van der Waals surface area contributed by atoms with Crippen molar-refractivity contribution in [1.82, 2.24) is 4.31 Å². The molecule has 2 N–H and O–H groups in total. The number of aliphatic hydroxyl groups is 1. The van der Waals surface area contributed by atoms with Crippen LogP contribution in [-0.2, 0) is 21.4 Å². The second kappa shape index (κ2) is 8.11. The van der Waals surface area contributed by atoms with E-state index in [1.54, 1.807) is 78.9 Å². The van der Waals surface area contributed by atoms with Gasteiger partial charge in [0.1, 0.15) is 4.90 Å². The zero-order chi connectivity index (χ0) is 23.0. The number of sulfonamides is 1. The first kappa shape index (κ1) is 20.8. The zero-order valence-electron chi connectivity index (χ0n) is 17.5. The van der Waals surface area contributed by atoms with Crippen molar-refractivity contribution in [3.05, 3.63) is 114 Å². The molecule has 0 fully saturated rings. The highest BCUT2D eigenvalue weighted by Gasteiger charge is 2.41. The smallest absolute Gasteiger partial charge is 0.276 e. The van der Waals surface area contributed by atoms with Gasteiger partial charge in [0.05, 0.1) is 6.54 Å². The highest BCUT2D eigenvalue weighted by atomic mass is 32.2. The highest BCUT2D eigenvalue weighted by molar-refractivity contribution is 7.89. The van der Waals surface area contributed by atoms with Gasteiger partial charge in [-0.25, -0.2) is 8.42 Å². The van der Waals surface area contributed by atoms with Crippen LogP contribution in [0, 0.1) is 0 Å². The second-order valence-electron chi connectivity index (χ2n) is 7.68. The van der Waals surface area contributed by atoms with Crippen LogP contribution in [0.15, 0.2) is 108 Å². The lowest BCUT2D eigenvalue weighted by Gasteiger charge is -2.32. The molecule has 7 heteroatoms. The molecule has 0 bridgehead atoms. The largest absolute Gasteiger partial charge is 0.505 e. The van der Waals surface area contributed by atoms with Crippen LogP contribution in [-0.4, -0.2) is 23.7 Å². The number of nitrogens with one attached hydrogen (secondary N) is 1. The lowest BCUT2D eigenvalue weighted by molar-refractivity contribution is -0.113.